The number of carbonyl (C=O) groups excluding carboxylic acids is 1. The fraction of sp³-hybridized carbons (Fsp3) is 0.545. The Labute approximate surface area is 97.4 Å². The molecule has 0 bridgehead atoms. The third-order valence-electron chi connectivity index (χ3n) is 2.94. The van der Waals surface area contributed by atoms with E-state index in [0.29, 0.717) is 5.76 Å². The van der Waals surface area contributed by atoms with Gasteiger partial charge in [0.2, 0.25) is 5.78 Å². The van der Waals surface area contributed by atoms with E-state index in [2.05, 4.69) is 21.2 Å². The lowest BCUT2D eigenvalue weighted by Gasteiger charge is -2.32. The highest BCUT2D eigenvalue weighted by Crippen LogP contribution is 2.27. The highest BCUT2D eigenvalue weighted by molar-refractivity contribution is 9.10. The molecule has 1 saturated heterocycles. The number of furan rings is 1. The van der Waals surface area contributed by atoms with E-state index in [-0.39, 0.29) is 5.78 Å². The summed E-state index contributed by atoms with van der Waals surface area (Å²) in [5.74, 6) is 0.464. The van der Waals surface area contributed by atoms with Gasteiger partial charge in [0, 0.05) is 0 Å². The van der Waals surface area contributed by atoms with Crippen LogP contribution < -0.4 is 5.32 Å². The van der Waals surface area contributed by atoms with Crippen molar-refractivity contribution >= 4 is 21.7 Å². The van der Waals surface area contributed by atoms with Gasteiger partial charge in [-0.3, -0.25) is 4.79 Å². The summed E-state index contributed by atoms with van der Waals surface area (Å²) in [7, 11) is 0. The van der Waals surface area contributed by atoms with E-state index in [1.165, 1.54) is 6.26 Å². The fourth-order valence-electron chi connectivity index (χ4n) is 1.96. The van der Waals surface area contributed by atoms with Crippen molar-refractivity contribution in [3.05, 3.63) is 22.6 Å². The lowest BCUT2D eigenvalue weighted by Crippen LogP contribution is -2.52. The molecular formula is C11H14BrNO2. The number of hydrogen-bond donors (Lipinski definition) is 1. The quantitative estimate of drug-likeness (QED) is 0.842. The number of piperidine rings is 1. The first-order valence-corrected chi connectivity index (χ1v) is 5.96. The van der Waals surface area contributed by atoms with Crippen LogP contribution in [-0.4, -0.2) is 17.9 Å². The Morgan fingerprint density at radius 1 is 1.60 bits per heavy atom. The normalized spacial score (nSPS) is 26.5. The molecule has 1 atom stereocenters. The number of carbonyl (C=O) groups is 1. The van der Waals surface area contributed by atoms with Crippen LogP contribution in [0.1, 0.15) is 36.7 Å². The summed E-state index contributed by atoms with van der Waals surface area (Å²) < 4.78 is 5.95. The van der Waals surface area contributed by atoms with Crippen LogP contribution in [0.2, 0.25) is 0 Å². The van der Waals surface area contributed by atoms with E-state index in [1.54, 1.807) is 6.07 Å². The van der Waals surface area contributed by atoms with Crippen molar-refractivity contribution in [2.24, 2.45) is 0 Å². The van der Waals surface area contributed by atoms with Gasteiger partial charge in [-0.05, 0) is 54.7 Å². The van der Waals surface area contributed by atoms with Gasteiger partial charge in [-0.2, -0.15) is 0 Å². The van der Waals surface area contributed by atoms with Gasteiger partial charge in [-0.15, -0.1) is 0 Å². The predicted molar refractivity (Wildman–Crippen MR) is 61.0 cm³/mol. The summed E-state index contributed by atoms with van der Waals surface area (Å²) >= 11 is 3.32. The Balaban J connectivity index is 2.23. The Hall–Kier alpha value is -0.610. The lowest BCUT2D eigenvalue weighted by atomic mass is 9.86. The van der Waals surface area contributed by atoms with Gasteiger partial charge < -0.3 is 9.73 Å². The Morgan fingerprint density at radius 2 is 2.40 bits per heavy atom. The van der Waals surface area contributed by atoms with Gasteiger partial charge in [0.1, 0.15) is 0 Å². The number of ketones is 1. The molecule has 0 spiro atoms. The maximum absolute atomic E-state index is 12.2. The minimum atomic E-state index is -0.460. The van der Waals surface area contributed by atoms with Gasteiger partial charge in [0.05, 0.1) is 16.3 Å². The van der Waals surface area contributed by atoms with Gasteiger partial charge in [-0.25, -0.2) is 0 Å². The summed E-state index contributed by atoms with van der Waals surface area (Å²) in [5, 5.41) is 3.28. The average Bonchev–Trinajstić information content (AvgIpc) is 2.64. The van der Waals surface area contributed by atoms with Crippen LogP contribution in [0.4, 0.5) is 0 Å². The minimum Gasteiger partial charge on any atom is -0.460 e. The first-order chi connectivity index (χ1) is 7.13. The number of halogens is 1. The van der Waals surface area contributed by atoms with E-state index in [9.17, 15) is 4.79 Å². The van der Waals surface area contributed by atoms with Crippen molar-refractivity contribution in [3.8, 4) is 0 Å². The molecule has 1 aliphatic heterocycles. The Bertz CT molecular complexity index is 366. The summed E-state index contributed by atoms with van der Waals surface area (Å²) in [6, 6.07) is 1.75. The first kappa shape index (κ1) is 10.9. The van der Waals surface area contributed by atoms with Crippen LogP contribution in [0.5, 0.6) is 0 Å². The molecule has 1 aromatic heterocycles. The topological polar surface area (TPSA) is 42.2 Å². The molecule has 0 aromatic carbocycles. The van der Waals surface area contributed by atoms with Gasteiger partial charge in [-0.1, -0.05) is 0 Å². The summed E-state index contributed by atoms with van der Waals surface area (Å²) in [6.45, 7) is 2.85. The number of rotatable bonds is 2. The highest BCUT2D eigenvalue weighted by Gasteiger charge is 2.37. The average molecular weight is 272 g/mol. The molecular weight excluding hydrogens is 258 g/mol. The molecule has 0 amide bonds. The second-order valence-electron chi connectivity index (χ2n) is 4.14. The first-order valence-electron chi connectivity index (χ1n) is 5.16. The molecule has 0 aliphatic carbocycles. The number of Topliss-reactive ketones (excluding diaryl/α,β-unsaturated/α-hetero) is 1. The molecule has 1 unspecified atom stereocenters. The zero-order valence-corrected chi connectivity index (χ0v) is 10.3. The van der Waals surface area contributed by atoms with Gasteiger partial charge in [0.15, 0.2) is 5.76 Å². The Kier molecular flexibility index (Phi) is 2.98. The molecule has 0 radical (unpaired) electrons. The molecule has 1 aromatic rings. The third-order valence-corrected chi connectivity index (χ3v) is 3.57. The van der Waals surface area contributed by atoms with E-state index in [1.807, 2.05) is 6.92 Å². The van der Waals surface area contributed by atoms with Crippen molar-refractivity contribution in [3.63, 3.8) is 0 Å². The monoisotopic (exact) mass is 271 g/mol. The van der Waals surface area contributed by atoms with Crippen molar-refractivity contribution in [2.45, 2.75) is 31.7 Å². The van der Waals surface area contributed by atoms with E-state index in [0.717, 1.165) is 30.3 Å². The summed E-state index contributed by atoms with van der Waals surface area (Å²) in [5.41, 5.74) is -0.460. The zero-order valence-electron chi connectivity index (χ0n) is 8.68. The van der Waals surface area contributed by atoms with Crippen molar-refractivity contribution in [1.82, 2.24) is 5.32 Å². The highest BCUT2D eigenvalue weighted by atomic mass is 79.9. The Morgan fingerprint density at radius 3 is 2.93 bits per heavy atom. The zero-order chi connectivity index (χ0) is 10.9. The second-order valence-corrected chi connectivity index (χ2v) is 5.00. The molecule has 0 saturated carbocycles. The van der Waals surface area contributed by atoms with Crippen LogP contribution in [0, 0.1) is 0 Å². The van der Waals surface area contributed by atoms with Crippen LogP contribution in [0.25, 0.3) is 0 Å². The molecule has 82 valence electrons. The predicted octanol–water partition coefficient (Wildman–Crippen LogP) is 2.76. The molecule has 2 rings (SSSR count). The van der Waals surface area contributed by atoms with Crippen LogP contribution >= 0.6 is 15.9 Å². The van der Waals surface area contributed by atoms with Gasteiger partial charge >= 0.3 is 0 Å². The molecule has 1 fully saturated rings. The van der Waals surface area contributed by atoms with Gasteiger partial charge in [0.25, 0.3) is 0 Å². The molecule has 4 heteroatoms. The number of nitrogens with one attached hydrogen (secondary N) is 1. The second kappa shape index (κ2) is 4.10. The van der Waals surface area contributed by atoms with Crippen molar-refractivity contribution in [2.75, 3.05) is 6.54 Å². The van der Waals surface area contributed by atoms with E-state index >= 15 is 0 Å². The van der Waals surface area contributed by atoms with Crippen LogP contribution in [0.3, 0.4) is 0 Å². The largest absolute Gasteiger partial charge is 0.460 e. The third kappa shape index (κ3) is 2.01. The van der Waals surface area contributed by atoms with Crippen molar-refractivity contribution in [1.29, 1.82) is 0 Å². The molecule has 15 heavy (non-hydrogen) atoms. The summed E-state index contributed by atoms with van der Waals surface area (Å²) in [4.78, 5) is 12.2. The molecule has 3 nitrogen and oxygen atoms in total. The van der Waals surface area contributed by atoms with E-state index < -0.39 is 5.54 Å². The lowest BCUT2D eigenvalue weighted by molar-refractivity contribution is 0.0804. The molecule has 2 heterocycles. The number of hydrogen-bond acceptors (Lipinski definition) is 3. The van der Waals surface area contributed by atoms with Crippen LogP contribution in [-0.2, 0) is 0 Å². The van der Waals surface area contributed by atoms with E-state index in [4.69, 9.17) is 4.42 Å². The maximum Gasteiger partial charge on any atom is 0.218 e. The fourth-order valence-corrected chi connectivity index (χ4v) is 2.34. The van der Waals surface area contributed by atoms with Crippen molar-refractivity contribution < 1.29 is 9.21 Å². The standard InChI is InChI=1S/C11H14BrNO2/c1-11(5-2-3-6-13-11)10(14)9-8(12)4-7-15-9/h4,7,13H,2-3,5-6H2,1H3. The smallest absolute Gasteiger partial charge is 0.218 e. The molecule has 1 aliphatic rings. The molecule has 1 N–H and O–H groups in total. The van der Waals surface area contributed by atoms with Crippen LogP contribution in [0.15, 0.2) is 21.2 Å². The minimum absolute atomic E-state index is 0.0408. The SMILES string of the molecule is CC1(C(=O)c2occc2Br)CCCCN1. The summed E-state index contributed by atoms with van der Waals surface area (Å²) in [6.07, 6.45) is 4.64. The maximum atomic E-state index is 12.2.